The van der Waals surface area contributed by atoms with Gasteiger partial charge in [0.15, 0.2) is 0 Å². The van der Waals surface area contributed by atoms with Crippen LogP contribution in [0, 0.1) is 5.82 Å². The molecule has 4 nitrogen and oxygen atoms in total. The smallest absolute Gasteiger partial charge is 0.299 e. The molecule has 0 bridgehead atoms. The summed E-state index contributed by atoms with van der Waals surface area (Å²) in [4.78, 5) is 25.1. The van der Waals surface area contributed by atoms with Gasteiger partial charge >= 0.3 is 0 Å². The Kier molecular flexibility index (Phi) is 3.95. The Hall–Kier alpha value is -1.46. The number of hydrogen-bond acceptors (Lipinski definition) is 3. The lowest BCUT2D eigenvalue weighted by Gasteiger charge is -2.18. The lowest BCUT2D eigenvalue weighted by Crippen LogP contribution is -2.31. The minimum atomic E-state index is -0.730. The van der Waals surface area contributed by atoms with Gasteiger partial charge in [-0.15, -0.1) is 0 Å². The van der Waals surface area contributed by atoms with E-state index in [-0.39, 0.29) is 22.4 Å². The molecule has 1 aromatic rings. The zero-order valence-electron chi connectivity index (χ0n) is 11.4. The normalized spacial score (nSPS) is 21.2. The van der Waals surface area contributed by atoms with Crippen molar-refractivity contribution in [1.29, 1.82) is 0 Å². The molecule has 0 saturated carbocycles. The van der Waals surface area contributed by atoms with Gasteiger partial charge in [0.2, 0.25) is 0 Å². The average Bonchev–Trinajstić information content (AvgIpc) is 3.06. The Balaban J connectivity index is 1.76. The average molecular weight is 312 g/mol. The lowest BCUT2D eigenvalue weighted by atomic mass is 10.1. The lowest BCUT2D eigenvalue weighted by molar-refractivity contribution is -0.114. The zero-order chi connectivity index (χ0) is 15.0. The van der Waals surface area contributed by atoms with Crippen molar-refractivity contribution in [3.05, 3.63) is 28.5 Å². The number of amides is 1. The van der Waals surface area contributed by atoms with Crippen LogP contribution in [0.4, 0.5) is 10.1 Å². The predicted octanol–water partition coefficient (Wildman–Crippen LogP) is 2.97. The second kappa shape index (κ2) is 5.73. The van der Waals surface area contributed by atoms with Gasteiger partial charge in [-0.05, 0) is 37.8 Å². The minimum Gasteiger partial charge on any atom is -0.378 e. The fourth-order valence-electron chi connectivity index (χ4n) is 2.91. The molecule has 2 aliphatic heterocycles. The number of halogens is 2. The van der Waals surface area contributed by atoms with E-state index in [2.05, 4.69) is 0 Å². The molecular weight excluding hydrogens is 297 g/mol. The van der Waals surface area contributed by atoms with Crippen molar-refractivity contribution in [2.75, 3.05) is 18.1 Å². The number of nitrogens with zero attached hydrogens (tertiary/aromatic N) is 1. The van der Waals surface area contributed by atoms with Gasteiger partial charge in [-0.2, -0.15) is 0 Å². The van der Waals surface area contributed by atoms with Crippen LogP contribution in [0.3, 0.4) is 0 Å². The van der Waals surface area contributed by atoms with Crippen LogP contribution in [-0.2, 0) is 9.53 Å². The van der Waals surface area contributed by atoms with Gasteiger partial charge in [0.1, 0.15) is 5.82 Å². The number of ketones is 1. The maximum absolute atomic E-state index is 14.0. The number of fused-ring (bicyclic) bond motifs is 1. The molecule has 2 heterocycles. The van der Waals surface area contributed by atoms with Crippen molar-refractivity contribution in [2.24, 2.45) is 0 Å². The van der Waals surface area contributed by atoms with Gasteiger partial charge in [0.05, 0.1) is 22.4 Å². The SMILES string of the molecule is O=C1C(=O)N(CCCC2CCCO2)c2c(F)ccc(Cl)c21. The molecule has 0 radical (unpaired) electrons. The van der Waals surface area contributed by atoms with Crippen LogP contribution in [0.25, 0.3) is 0 Å². The maximum Gasteiger partial charge on any atom is 0.299 e. The summed E-state index contributed by atoms with van der Waals surface area (Å²) in [5.74, 6) is -2.03. The molecule has 1 fully saturated rings. The Morgan fingerprint density at radius 2 is 2.19 bits per heavy atom. The van der Waals surface area contributed by atoms with Gasteiger partial charge < -0.3 is 9.64 Å². The molecule has 1 unspecified atom stereocenters. The Morgan fingerprint density at radius 3 is 2.90 bits per heavy atom. The number of carbonyl (C=O) groups excluding carboxylic acids is 2. The van der Waals surface area contributed by atoms with E-state index in [1.54, 1.807) is 0 Å². The second-order valence-electron chi connectivity index (χ2n) is 5.32. The fourth-order valence-corrected chi connectivity index (χ4v) is 3.15. The third-order valence-electron chi connectivity index (χ3n) is 3.95. The Labute approximate surface area is 126 Å². The van der Waals surface area contributed by atoms with Crippen molar-refractivity contribution in [3.8, 4) is 0 Å². The largest absolute Gasteiger partial charge is 0.378 e. The number of hydrogen-bond donors (Lipinski definition) is 0. The quantitative estimate of drug-likeness (QED) is 0.803. The number of rotatable bonds is 4. The Bertz CT molecular complexity index is 599. The highest BCUT2D eigenvalue weighted by Crippen LogP contribution is 2.36. The van der Waals surface area contributed by atoms with Crippen LogP contribution in [0.2, 0.25) is 5.02 Å². The van der Waals surface area contributed by atoms with E-state index in [0.29, 0.717) is 13.0 Å². The van der Waals surface area contributed by atoms with E-state index in [9.17, 15) is 14.0 Å². The molecular formula is C15H15ClFNO3. The van der Waals surface area contributed by atoms with Crippen LogP contribution in [0.1, 0.15) is 36.0 Å². The van der Waals surface area contributed by atoms with Gasteiger partial charge in [-0.1, -0.05) is 11.6 Å². The van der Waals surface area contributed by atoms with Crippen molar-refractivity contribution < 1.29 is 18.7 Å². The maximum atomic E-state index is 14.0. The molecule has 2 aliphatic rings. The molecule has 3 rings (SSSR count). The predicted molar refractivity (Wildman–Crippen MR) is 76.3 cm³/mol. The van der Waals surface area contributed by atoms with Gasteiger partial charge in [0, 0.05) is 13.2 Å². The third kappa shape index (κ3) is 2.56. The molecule has 112 valence electrons. The zero-order valence-corrected chi connectivity index (χ0v) is 12.2. The topological polar surface area (TPSA) is 46.6 Å². The molecule has 6 heteroatoms. The van der Waals surface area contributed by atoms with Crippen LogP contribution in [0.5, 0.6) is 0 Å². The number of carbonyl (C=O) groups is 2. The summed E-state index contributed by atoms with van der Waals surface area (Å²) in [5, 5.41) is 0.117. The molecule has 0 aliphatic carbocycles. The van der Waals surface area contributed by atoms with Crippen molar-refractivity contribution in [2.45, 2.75) is 31.8 Å². The molecule has 0 N–H and O–H groups in total. The molecule has 21 heavy (non-hydrogen) atoms. The van der Waals surface area contributed by atoms with Crippen LogP contribution < -0.4 is 4.90 Å². The first-order chi connectivity index (χ1) is 10.1. The van der Waals surface area contributed by atoms with E-state index in [0.717, 1.165) is 25.9 Å². The fraction of sp³-hybridized carbons (Fsp3) is 0.467. The number of benzene rings is 1. The monoisotopic (exact) mass is 311 g/mol. The highest BCUT2D eigenvalue weighted by Gasteiger charge is 2.39. The van der Waals surface area contributed by atoms with Crippen molar-refractivity contribution in [3.63, 3.8) is 0 Å². The number of anilines is 1. The van der Waals surface area contributed by atoms with Gasteiger partial charge in [0.25, 0.3) is 11.7 Å². The summed E-state index contributed by atoms with van der Waals surface area (Å²) >= 11 is 5.92. The van der Waals surface area contributed by atoms with Crippen LogP contribution >= 0.6 is 11.6 Å². The molecule has 1 amide bonds. The van der Waals surface area contributed by atoms with Crippen LogP contribution in [-0.4, -0.2) is 30.9 Å². The Morgan fingerprint density at radius 1 is 1.38 bits per heavy atom. The first-order valence-corrected chi connectivity index (χ1v) is 7.43. The number of Topliss-reactive ketones (excluding diaryl/α,β-unsaturated/α-hetero) is 1. The highest BCUT2D eigenvalue weighted by molar-refractivity contribution is 6.55. The van der Waals surface area contributed by atoms with E-state index < -0.39 is 17.5 Å². The summed E-state index contributed by atoms with van der Waals surface area (Å²) in [6, 6.07) is 2.48. The van der Waals surface area contributed by atoms with Crippen molar-refractivity contribution in [1.82, 2.24) is 0 Å². The van der Waals surface area contributed by atoms with Crippen molar-refractivity contribution >= 4 is 29.0 Å². The summed E-state index contributed by atoms with van der Waals surface area (Å²) in [7, 11) is 0. The van der Waals surface area contributed by atoms with Gasteiger partial charge in [-0.25, -0.2) is 4.39 Å². The highest BCUT2D eigenvalue weighted by atomic mass is 35.5. The summed E-state index contributed by atoms with van der Waals surface area (Å²) in [6.45, 7) is 1.08. The van der Waals surface area contributed by atoms with E-state index in [1.165, 1.54) is 17.0 Å². The van der Waals surface area contributed by atoms with E-state index in [1.807, 2.05) is 0 Å². The molecule has 0 aromatic heterocycles. The summed E-state index contributed by atoms with van der Waals surface area (Å²) < 4.78 is 19.5. The van der Waals surface area contributed by atoms with Gasteiger partial charge in [-0.3, -0.25) is 9.59 Å². The molecule has 1 atom stereocenters. The summed E-state index contributed by atoms with van der Waals surface area (Å²) in [6.07, 6.45) is 3.75. The molecule has 1 saturated heterocycles. The molecule has 0 spiro atoms. The molecule has 1 aromatic carbocycles. The third-order valence-corrected chi connectivity index (χ3v) is 4.26. The second-order valence-corrected chi connectivity index (χ2v) is 5.72. The standard InChI is InChI=1S/C15H15ClFNO3/c16-10-5-6-11(17)13-12(10)14(19)15(20)18(13)7-1-3-9-4-2-8-21-9/h5-6,9H,1-4,7-8H2. The van der Waals surface area contributed by atoms with E-state index >= 15 is 0 Å². The summed E-state index contributed by atoms with van der Waals surface area (Å²) in [5.41, 5.74) is 0.00335. The van der Waals surface area contributed by atoms with E-state index in [4.69, 9.17) is 16.3 Å². The first kappa shape index (κ1) is 14.5. The number of ether oxygens (including phenoxy) is 1. The van der Waals surface area contributed by atoms with Crippen LogP contribution in [0.15, 0.2) is 12.1 Å². The minimum absolute atomic E-state index is 0.0150. The first-order valence-electron chi connectivity index (χ1n) is 7.05.